The van der Waals surface area contributed by atoms with Crippen LogP contribution in [0.3, 0.4) is 0 Å². The maximum absolute atomic E-state index is 13.1. The highest BCUT2D eigenvalue weighted by Gasteiger charge is 2.38. The zero-order valence-electron chi connectivity index (χ0n) is 16.9. The highest BCUT2D eigenvalue weighted by molar-refractivity contribution is 6.35. The van der Waals surface area contributed by atoms with E-state index in [1.165, 1.54) is 21.9 Å². The molecule has 0 spiro atoms. The number of hydrogen-bond acceptors (Lipinski definition) is 4. The van der Waals surface area contributed by atoms with Gasteiger partial charge in [0.05, 0.1) is 7.11 Å². The standard InChI is InChI=1S/C22H24FN3O4/c1-3-19(20(27)24-17-8-10-18(30-2)11-9-17)26-13-12-25(21(28)22(26)29)14-15-4-6-16(23)7-5-15/h4-11,19H,3,12-14H2,1-2H3,(H,24,27). The summed E-state index contributed by atoms with van der Waals surface area (Å²) in [7, 11) is 1.55. The molecule has 0 aromatic heterocycles. The maximum atomic E-state index is 13.1. The van der Waals surface area contributed by atoms with E-state index < -0.39 is 17.9 Å². The van der Waals surface area contributed by atoms with Crippen molar-refractivity contribution in [3.05, 3.63) is 59.9 Å². The van der Waals surface area contributed by atoms with Crippen LogP contribution in [-0.4, -0.2) is 53.8 Å². The van der Waals surface area contributed by atoms with Gasteiger partial charge in [0.1, 0.15) is 17.6 Å². The number of ether oxygens (including phenoxy) is 1. The fraction of sp³-hybridized carbons (Fsp3) is 0.318. The molecule has 0 saturated carbocycles. The fourth-order valence-electron chi connectivity index (χ4n) is 3.40. The topological polar surface area (TPSA) is 79.0 Å². The van der Waals surface area contributed by atoms with E-state index in [2.05, 4.69) is 5.32 Å². The Balaban J connectivity index is 1.65. The third kappa shape index (κ3) is 4.76. The van der Waals surface area contributed by atoms with Crippen molar-refractivity contribution in [3.8, 4) is 5.75 Å². The number of methoxy groups -OCH3 is 1. The van der Waals surface area contributed by atoms with Crippen molar-refractivity contribution in [3.63, 3.8) is 0 Å². The van der Waals surface area contributed by atoms with Gasteiger partial charge in [0.15, 0.2) is 0 Å². The normalized spacial score (nSPS) is 15.2. The van der Waals surface area contributed by atoms with Gasteiger partial charge in [0, 0.05) is 25.3 Å². The molecular weight excluding hydrogens is 389 g/mol. The summed E-state index contributed by atoms with van der Waals surface area (Å²) in [6, 6.07) is 11.9. The monoisotopic (exact) mass is 413 g/mol. The molecule has 3 amide bonds. The number of amides is 3. The van der Waals surface area contributed by atoms with Gasteiger partial charge in [-0.1, -0.05) is 19.1 Å². The van der Waals surface area contributed by atoms with Crippen molar-refractivity contribution >= 4 is 23.4 Å². The van der Waals surface area contributed by atoms with Crippen molar-refractivity contribution < 1.29 is 23.5 Å². The minimum atomic E-state index is -0.753. The number of nitrogens with one attached hydrogen (secondary N) is 1. The van der Waals surface area contributed by atoms with E-state index in [1.807, 2.05) is 0 Å². The van der Waals surface area contributed by atoms with E-state index >= 15 is 0 Å². The van der Waals surface area contributed by atoms with Crippen LogP contribution < -0.4 is 10.1 Å². The lowest BCUT2D eigenvalue weighted by Crippen LogP contribution is -2.59. The van der Waals surface area contributed by atoms with Crippen LogP contribution in [0.4, 0.5) is 10.1 Å². The highest BCUT2D eigenvalue weighted by atomic mass is 19.1. The summed E-state index contributed by atoms with van der Waals surface area (Å²) in [6.45, 7) is 2.56. The van der Waals surface area contributed by atoms with Gasteiger partial charge in [0.2, 0.25) is 5.91 Å². The highest BCUT2D eigenvalue weighted by Crippen LogP contribution is 2.19. The van der Waals surface area contributed by atoms with Crippen molar-refractivity contribution in [1.29, 1.82) is 0 Å². The Kier molecular flexibility index (Phi) is 6.66. The fourth-order valence-corrected chi connectivity index (χ4v) is 3.40. The largest absolute Gasteiger partial charge is 0.497 e. The zero-order valence-corrected chi connectivity index (χ0v) is 16.9. The van der Waals surface area contributed by atoms with Gasteiger partial charge in [-0.25, -0.2) is 4.39 Å². The Bertz CT molecular complexity index is 915. The molecule has 1 aliphatic rings. The van der Waals surface area contributed by atoms with Crippen molar-refractivity contribution in [2.45, 2.75) is 25.9 Å². The second kappa shape index (κ2) is 9.39. The summed E-state index contributed by atoms with van der Waals surface area (Å²) in [5.74, 6) is -1.42. The van der Waals surface area contributed by atoms with E-state index in [0.717, 1.165) is 5.56 Å². The molecular formula is C22H24FN3O4. The Morgan fingerprint density at radius 3 is 2.33 bits per heavy atom. The van der Waals surface area contributed by atoms with Crippen molar-refractivity contribution in [1.82, 2.24) is 9.80 Å². The first kappa shape index (κ1) is 21.3. The first-order chi connectivity index (χ1) is 14.4. The lowest BCUT2D eigenvalue weighted by Gasteiger charge is -2.37. The third-order valence-corrected chi connectivity index (χ3v) is 5.05. The molecule has 1 unspecified atom stereocenters. The van der Waals surface area contributed by atoms with Crippen LogP contribution in [0, 0.1) is 5.82 Å². The number of anilines is 1. The van der Waals surface area contributed by atoms with Crippen molar-refractivity contribution in [2.75, 3.05) is 25.5 Å². The molecule has 8 heteroatoms. The molecule has 0 bridgehead atoms. The molecule has 2 aromatic carbocycles. The molecule has 1 saturated heterocycles. The summed E-state index contributed by atoms with van der Waals surface area (Å²) in [6.07, 6.45) is 0.374. The number of benzene rings is 2. The predicted octanol–water partition coefficient (Wildman–Crippen LogP) is 2.42. The first-order valence-corrected chi connectivity index (χ1v) is 9.72. The van der Waals surface area contributed by atoms with E-state index in [0.29, 0.717) is 24.4 Å². The molecule has 1 aliphatic heterocycles. The van der Waals surface area contributed by atoms with E-state index in [1.54, 1.807) is 50.4 Å². The zero-order chi connectivity index (χ0) is 21.7. The number of rotatable bonds is 7. The summed E-state index contributed by atoms with van der Waals surface area (Å²) in [4.78, 5) is 40.8. The molecule has 7 nitrogen and oxygen atoms in total. The first-order valence-electron chi connectivity index (χ1n) is 9.72. The SMILES string of the molecule is CCC(C(=O)Nc1ccc(OC)cc1)N1CCN(Cc2ccc(F)cc2)C(=O)C1=O. The number of hydrogen-bond donors (Lipinski definition) is 1. The number of carbonyl (C=O) groups excluding carboxylic acids is 3. The molecule has 0 radical (unpaired) electrons. The van der Waals surface area contributed by atoms with Crippen molar-refractivity contribution in [2.24, 2.45) is 0 Å². The lowest BCUT2D eigenvalue weighted by atomic mass is 10.1. The van der Waals surface area contributed by atoms with Crippen LogP contribution in [0.5, 0.6) is 5.75 Å². The molecule has 1 atom stereocenters. The number of halogens is 1. The van der Waals surface area contributed by atoms with Crippen LogP contribution >= 0.6 is 0 Å². The molecule has 30 heavy (non-hydrogen) atoms. The molecule has 3 rings (SSSR count). The van der Waals surface area contributed by atoms with Gasteiger partial charge in [-0.15, -0.1) is 0 Å². The summed E-state index contributed by atoms with van der Waals surface area (Å²) in [5, 5.41) is 2.78. The minimum absolute atomic E-state index is 0.216. The molecule has 2 aromatic rings. The van der Waals surface area contributed by atoms with Crippen LogP contribution in [0.2, 0.25) is 0 Å². The summed E-state index contributed by atoms with van der Waals surface area (Å²) >= 11 is 0. The number of nitrogens with zero attached hydrogens (tertiary/aromatic N) is 2. The van der Waals surface area contributed by atoms with Gasteiger partial charge in [0.25, 0.3) is 0 Å². The summed E-state index contributed by atoms with van der Waals surface area (Å²) < 4.78 is 18.2. The second-order valence-electron chi connectivity index (χ2n) is 6.99. The Hall–Kier alpha value is -3.42. The Labute approximate surface area is 174 Å². The smallest absolute Gasteiger partial charge is 0.312 e. The number of carbonyl (C=O) groups is 3. The number of piperazine rings is 1. The quantitative estimate of drug-likeness (QED) is 0.707. The predicted molar refractivity (Wildman–Crippen MR) is 109 cm³/mol. The average Bonchev–Trinajstić information content (AvgIpc) is 2.75. The Morgan fingerprint density at radius 1 is 1.07 bits per heavy atom. The van der Waals surface area contributed by atoms with Gasteiger partial charge < -0.3 is 19.9 Å². The van der Waals surface area contributed by atoms with Crippen LogP contribution in [-0.2, 0) is 20.9 Å². The van der Waals surface area contributed by atoms with E-state index in [-0.39, 0.29) is 24.8 Å². The molecule has 0 aliphatic carbocycles. The van der Waals surface area contributed by atoms with Gasteiger partial charge in [-0.2, -0.15) is 0 Å². The minimum Gasteiger partial charge on any atom is -0.497 e. The van der Waals surface area contributed by atoms with Gasteiger partial charge >= 0.3 is 11.8 Å². The lowest BCUT2D eigenvalue weighted by molar-refractivity contribution is -0.159. The van der Waals surface area contributed by atoms with Crippen LogP contribution in [0.15, 0.2) is 48.5 Å². The molecule has 1 N–H and O–H groups in total. The van der Waals surface area contributed by atoms with Crippen LogP contribution in [0.1, 0.15) is 18.9 Å². The van der Waals surface area contributed by atoms with Gasteiger partial charge in [-0.3, -0.25) is 14.4 Å². The molecule has 1 fully saturated rings. The molecule has 1 heterocycles. The van der Waals surface area contributed by atoms with Crippen LogP contribution in [0.25, 0.3) is 0 Å². The molecule has 158 valence electrons. The van der Waals surface area contributed by atoms with Gasteiger partial charge in [-0.05, 0) is 48.4 Å². The van der Waals surface area contributed by atoms with E-state index in [4.69, 9.17) is 4.74 Å². The summed E-state index contributed by atoms with van der Waals surface area (Å²) in [5.41, 5.74) is 1.31. The van der Waals surface area contributed by atoms with E-state index in [9.17, 15) is 18.8 Å². The Morgan fingerprint density at radius 2 is 1.73 bits per heavy atom. The maximum Gasteiger partial charge on any atom is 0.312 e. The average molecular weight is 413 g/mol. The third-order valence-electron chi connectivity index (χ3n) is 5.05. The second-order valence-corrected chi connectivity index (χ2v) is 6.99.